The van der Waals surface area contributed by atoms with Crippen molar-refractivity contribution in [3.63, 3.8) is 0 Å². The Hall–Kier alpha value is -2.65. The van der Waals surface area contributed by atoms with Gasteiger partial charge in [-0.05, 0) is 25.3 Å². The van der Waals surface area contributed by atoms with E-state index in [1.165, 1.54) is 6.20 Å². The number of rotatable bonds is 3. The fraction of sp³-hybridized carbons (Fsp3) is 0.500. The molecule has 5 rings (SSSR count). The van der Waals surface area contributed by atoms with E-state index in [-0.39, 0.29) is 60.5 Å². The maximum atomic E-state index is 15.2. The predicted octanol–water partition coefficient (Wildman–Crippen LogP) is 1.26. The van der Waals surface area contributed by atoms with Gasteiger partial charge in [0.2, 0.25) is 5.43 Å². The Labute approximate surface area is 164 Å². The van der Waals surface area contributed by atoms with Crippen LogP contribution < -0.4 is 15.1 Å². The molecule has 1 aliphatic carbocycles. The monoisotopic (exact) mass is 404 g/mol. The Morgan fingerprint density at radius 1 is 1.34 bits per heavy atom. The Morgan fingerprint density at radius 3 is 2.76 bits per heavy atom. The van der Waals surface area contributed by atoms with Gasteiger partial charge in [-0.25, -0.2) is 9.18 Å². The highest BCUT2D eigenvalue weighted by molar-refractivity contribution is 5.97. The van der Waals surface area contributed by atoms with Gasteiger partial charge in [0.1, 0.15) is 17.9 Å². The number of carboxylic acid groups (broad SMARTS) is 1. The molecule has 29 heavy (non-hydrogen) atoms. The van der Waals surface area contributed by atoms with Crippen LogP contribution in [0.5, 0.6) is 5.75 Å². The molecule has 1 saturated carbocycles. The number of aliphatic hydroxyl groups is 2. The highest BCUT2D eigenvalue weighted by Gasteiger charge is 2.43. The highest BCUT2D eigenvalue weighted by atomic mass is 19.1. The molecule has 3 heterocycles. The van der Waals surface area contributed by atoms with Gasteiger partial charge in [-0.2, -0.15) is 0 Å². The first-order chi connectivity index (χ1) is 13.8. The topological polar surface area (TPSA) is 112 Å². The number of anilines is 1. The number of hydrogen-bond acceptors (Lipinski definition) is 6. The van der Waals surface area contributed by atoms with Gasteiger partial charge < -0.3 is 29.5 Å². The van der Waals surface area contributed by atoms with Crippen molar-refractivity contribution in [3.05, 3.63) is 33.9 Å². The minimum absolute atomic E-state index is 0.00428. The standard InChI is InChI=1S/C20H21FN2O6/c21-14-5-12-15(23(10-1-2-10)7-13(17(12)25)19(26)27)18-16(14)22-4-3-20(28,9-24)6-11(22)8-29-18/h5,7,10-11,24,28H,1-4,6,8-9H2,(H,26,27)/t11-,20?/m0/s1. The van der Waals surface area contributed by atoms with Crippen LogP contribution in [-0.2, 0) is 0 Å². The van der Waals surface area contributed by atoms with Crippen LogP contribution >= 0.6 is 0 Å². The quantitative estimate of drug-likeness (QED) is 0.706. The number of aliphatic hydroxyl groups excluding tert-OH is 1. The summed E-state index contributed by atoms with van der Waals surface area (Å²) in [5.41, 5.74) is -1.69. The van der Waals surface area contributed by atoms with Crippen LogP contribution in [-0.4, -0.2) is 57.3 Å². The first-order valence-electron chi connectivity index (χ1n) is 9.70. The van der Waals surface area contributed by atoms with Crippen molar-refractivity contribution < 1.29 is 29.2 Å². The van der Waals surface area contributed by atoms with Crippen LogP contribution in [0.25, 0.3) is 10.9 Å². The van der Waals surface area contributed by atoms with Gasteiger partial charge in [0, 0.05) is 25.2 Å². The molecule has 0 amide bonds. The lowest BCUT2D eigenvalue weighted by Crippen LogP contribution is -2.56. The smallest absolute Gasteiger partial charge is 0.341 e. The number of nitrogens with zero attached hydrogens (tertiary/aromatic N) is 2. The Kier molecular flexibility index (Phi) is 3.91. The summed E-state index contributed by atoms with van der Waals surface area (Å²) in [6.07, 6.45) is 3.55. The molecular weight excluding hydrogens is 383 g/mol. The van der Waals surface area contributed by atoms with Gasteiger partial charge in [-0.15, -0.1) is 0 Å². The molecule has 1 saturated heterocycles. The lowest BCUT2D eigenvalue weighted by molar-refractivity contribution is -0.0470. The third-order valence-corrected chi connectivity index (χ3v) is 6.24. The number of aromatic nitrogens is 1. The normalized spacial score (nSPS) is 26.0. The van der Waals surface area contributed by atoms with Crippen molar-refractivity contribution >= 4 is 22.6 Å². The van der Waals surface area contributed by atoms with Crippen molar-refractivity contribution in [1.29, 1.82) is 0 Å². The third kappa shape index (κ3) is 2.71. The second kappa shape index (κ2) is 6.17. The van der Waals surface area contributed by atoms with E-state index in [4.69, 9.17) is 4.74 Å². The number of hydrogen-bond donors (Lipinski definition) is 3. The van der Waals surface area contributed by atoms with E-state index in [1.807, 2.05) is 4.90 Å². The number of carbonyl (C=O) groups is 1. The first kappa shape index (κ1) is 18.4. The van der Waals surface area contributed by atoms with Gasteiger partial charge in [0.25, 0.3) is 0 Å². The third-order valence-electron chi connectivity index (χ3n) is 6.24. The number of benzene rings is 1. The number of carboxylic acids is 1. The number of ether oxygens (including phenoxy) is 1. The maximum Gasteiger partial charge on any atom is 0.341 e. The highest BCUT2D eigenvalue weighted by Crippen LogP contribution is 2.47. The van der Waals surface area contributed by atoms with E-state index < -0.39 is 22.8 Å². The van der Waals surface area contributed by atoms with Crippen molar-refractivity contribution in [3.8, 4) is 5.75 Å². The van der Waals surface area contributed by atoms with E-state index in [0.29, 0.717) is 12.1 Å². The summed E-state index contributed by atoms with van der Waals surface area (Å²) in [6.45, 7) is 0.137. The fourth-order valence-corrected chi connectivity index (χ4v) is 4.57. The van der Waals surface area contributed by atoms with Crippen LogP contribution in [0.2, 0.25) is 0 Å². The summed E-state index contributed by atoms with van der Waals surface area (Å²) in [5, 5.41) is 29.3. The molecule has 2 atom stereocenters. The van der Waals surface area contributed by atoms with Crippen LogP contribution in [0.4, 0.5) is 10.1 Å². The molecule has 3 aliphatic rings. The number of aromatic carboxylic acids is 1. The number of pyridine rings is 1. The van der Waals surface area contributed by atoms with Crippen molar-refractivity contribution in [2.75, 3.05) is 24.7 Å². The molecule has 2 aromatic rings. The average molecular weight is 404 g/mol. The molecule has 0 bridgehead atoms. The molecule has 2 aliphatic heterocycles. The minimum atomic E-state index is -1.34. The molecule has 1 aromatic carbocycles. The molecule has 1 unspecified atom stereocenters. The second-order valence-electron chi connectivity index (χ2n) is 8.24. The van der Waals surface area contributed by atoms with Crippen LogP contribution in [0.1, 0.15) is 42.1 Å². The number of halogens is 1. The lowest BCUT2D eigenvalue weighted by Gasteiger charge is -2.47. The molecule has 2 fully saturated rings. The SMILES string of the molecule is O=C(O)c1cn(C2CC2)c2c3c(c(F)cc2c1=O)N1CCC(O)(CO)C[C@H]1CO3. The van der Waals surface area contributed by atoms with E-state index in [1.54, 1.807) is 4.57 Å². The van der Waals surface area contributed by atoms with Gasteiger partial charge in [-0.1, -0.05) is 0 Å². The zero-order valence-electron chi connectivity index (χ0n) is 15.6. The summed E-state index contributed by atoms with van der Waals surface area (Å²) in [6, 6.07) is 0.841. The summed E-state index contributed by atoms with van der Waals surface area (Å²) in [5.74, 6) is -1.76. The van der Waals surface area contributed by atoms with Crippen molar-refractivity contribution in [2.24, 2.45) is 0 Å². The first-order valence-corrected chi connectivity index (χ1v) is 9.70. The molecule has 3 N–H and O–H groups in total. The molecule has 9 heteroatoms. The summed E-state index contributed by atoms with van der Waals surface area (Å²) in [7, 11) is 0. The van der Waals surface area contributed by atoms with Crippen molar-refractivity contribution in [1.82, 2.24) is 4.57 Å². The van der Waals surface area contributed by atoms with Gasteiger partial charge >= 0.3 is 5.97 Å². The summed E-state index contributed by atoms with van der Waals surface area (Å²) < 4.78 is 22.8. The average Bonchev–Trinajstić information content (AvgIpc) is 3.53. The van der Waals surface area contributed by atoms with E-state index in [9.17, 15) is 24.9 Å². The van der Waals surface area contributed by atoms with Gasteiger partial charge in [-0.3, -0.25) is 4.79 Å². The Bertz CT molecular complexity index is 1090. The maximum absolute atomic E-state index is 15.2. The van der Waals surface area contributed by atoms with Gasteiger partial charge in [0.15, 0.2) is 11.6 Å². The van der Waals surface area contributed by atoms with E-state index >= 15 is 4.39 Å². The molecule has 154 valence electrons. The zero-order valence-corrected chi connectivity index (χ0v) is 15.6. The summed E-state index contributed by atoms with van der Waals surface area (Å²) in [4.78, 5) is 26.1. The minimum Gasteiger partial charge on any atom is -0.487 e. The van der Waals surface area contributed by atoms with Gasteiger partial charge in [0.05, 0.1) is 29.2 Å². The molecule has 0 spiro atoms. The molecule has 0 radical (unpaired) electrons. The summed E-state index contributed by atoms with van der Waals surface area (Å²) >= 11 is 0. The Morgan fingerprint density at radius 2 is 2.10 bits per heavy atom. The van der Waals surface area contributed by atoms with Crippen molar-refractivity contribution in [2.45, 2.75) is 43.4 Å². The largest absolute Gasteiger partial charge is 0.487 e. The molecule has 1 aromatic heterocycles. The molecular formula is C20H21FN2O6. The Balaban J connectivity index is 1.73. The van der Waals surface area contributed by atoms with Crippen LogP contribution in [0, 0.1) is 5.82 Å². The van der Waals surface area contributed by atoms with Crippen LogP contribution in [0.15, 0.2) is 17.1 Å². The fourth-order valence-electron chi connectivity index (χ4n) is 4.57. The van der Waals surface area contributed by atoms with Crippen LogP contribution in [0.3, 0.4) is 0 Å². The van der Waals surface area contributed by atoms with E-state index in [2.05, 4.69) is 0 Å². The second-order valence-corrected chi connectivity index (χ2v) is 8.24. The number of fused-ring (bicyclic) bond motifs is 5. The zero-order chi connectivity index (χ0) is 20.5. The predicted molar refractivity (Wildman–Crippen MR) is 101 cm³/mol. The van der Waals surface area contributed by atoms with E-state index in [0.717, 1.165) is 18.9 Å². The number of piperidine rings is 1. The molecule has 8 nitrogen and oxygen atoms in total. The lowest BCUT2D eigenvalue weighted by atomic mass is 9.86.